The van der Waals surface area contributed by atoms with Crippen LogP contribution in [0.2, 0.25) is 0 Å². The highest BCUT2D eigenvalue weighted by atomic mass is 16.7. The Bertz CT molecular complexity index is 1590. The Morgan fingerprint density at radius 2 is 1.78 bits per heavy atom. The molecule has 2 N–H and O–H groups in total. The Hall–Kier alpha value is -4.85. The molecule has 3 aromatic rings. The van der Waals surface area contributed by atoms with Gasteiger partial charge in [-0.05, 0) is 61.6 Å². The van der Waals surface area contributed by atoms with Crippen molar-refractivity contribution < 1.29 is 19.1 Å². The molecule has 0 aliphatic carbocycles. The van der Waals surface area contributed by atoms with E-state index in [9.17, 15) is 14.9 Å². The van der Waals surface area contributed by atoms with Gasteiger partial charge in [0.05, 0.1) is 35.1 Å². The number of likely N-dealkylation sites (N-methyl/N-ethyl adjacent to an activating group) is 2. The van der Waals surface area contributed by atoms with Gasteiger partial charge in [0.15, 0.2) is 11.5 Å². The van der Waals surface area contributed by atoms with Crippen LogP contribution in [0.5, 0.6) is 11.5 Å². The highest BCUT2D eigenvalue weighted by Gasteiger charge is 2.29. The molecule has 10 heteroatoms. The van der Waals surface area contributed by atoms with Crippen molar-refractivity contribution in [1.29, 1.82) is 5.26 Å². The minimum Gasteiger partial charge on any atom is -0.454 e. The maximum atomic E-state index is 13.3. The number of carbonyl (C=O) groups excluding carboxylic acids is 2. The zero-order chi connectivity index (χ0) is 28.5. The predicted octanol–water partition coefficient (Wildman–Crippen LogP) is 3.43. The molecule has 0 saturated carbocycles. The Balaban J connectivity index is 1.29. The number of nitriles is 1. The largest absolute Gasteiger partial charge is 0.454 e. The number of rotatable bonds is 6. The number of carbonyl (C=O) groups is 2. The molecule has 41 heavy (non-hydrogen) atoms. The van der Waals surface area contributed by atoms with Gasteiger partial charge in [0.1, 0.15) is 0 Å². The average Bonchev–Trinajstić information content (AvgIpc) is 3.59. The molecule has 0 spiro atoms. The van der Waals surface area contributed by atoms with Gasteiger partial charge in [-0.15, -0.1) is 0 Å². The van der Waals surface area contributed by atoms with Crippen molar-refractivity contribution >= 4 is 40.1 Å². The first-order valence-corrected chi connectivity index (χ1v) is 13.4. The van der Waals surface area contributed by atoms with E-state index in [1.807, 2.05) is 42.5 Å². The molecular formula is C31H30N6O4. The van der Waals surface area contributed by atoms with Gasteiger partial charge in [-0.25, -0.2) is 0 Å². The molecule has 2 amide bonds. The topological polar surface area (TPSA) is 110 Å². The monoisotopic (exact) mass is 550 g/mol. The van der Waals surface area contributed by atoms with E-state index >= 15 is 0 Å². The van der Waals surface area contributed by atoms with Gasteiger partial charge < -0.3 is 29.9 Å². The van der Waals surface area contributed by atoms with Crippen molar-refractivity contribution in [3.05, 3.63) is 77.4 Å². The number of ether oxygens (including phenoxy) is 2. The summed E-state index contributed by atoms with van der Waals surface area (Å²) in [6, 6.07) is 20.3. The van der Waals surface area contributed by atoms with Crippen molar-refractivity contribution in [2.75, 3.05) is 69.1 Å². The van der Waals surface area contributed by atoms with Crippen LogP contribution < -0.4 is 25.0 Å². The Morgan fingerprint density at radius 3 is 2.54 bits per heavy atom. The first-order chi connectivity index (χ1) is 19.9. The Kier molecular flexibility index (Phi) is 7.05. The van der Waals surface area contributed by atoms with Crippen molar-refractivity contribution in [2.45, 2.75) is 0 Å². The van der Waals surface area contributed by atoms with E-state index in [4.69, 9.17) is 9.47 Å². The van der Waals surface area contributed by atoms with E-state index in [1.165, 1.54) is 0 Å². The second-order valence-electron chi connectivity index (χ2n) is 10.3. The first-order valence-electron chi connectivity index (χ1n) is 13.4. The van der Waals surface area contributed by atoms with E-state index in [2.05, 4.69) is 33.6 Å². The molecule has 10 nitrogen and oxygen atoms in total. The number of piperazine rings is 1. The summed E-state index contributed by atoms with van der Waals surface area (Å²) in [5.74, 6) is 0.994. The summed E-state index contributed by atoms with van der Waals surface area (Å²) in [5.41, 5.74) is 5.02. The van der Waals surface area contributed by atoms with Crippen LogP contribution in [0.3, 0.4) is 0 Å². The zero-order valence-electron chi connectivity index (χ0n) is 22.9. The van der Waals surface area contributed by atoms with E-state index in [0.29, 0.717) is 46.1 Å². The Morgan fingerprint density at radius 1 is 1.02 bits per heavy atom. The number of fused-ring (bicyclic) bond motifs is 2. The highest BCUT2D eigenvalue weighted by molar-refractivity contribution is 6.37. The highest BCUT2D eigenvalue weighted by Crippen LogP contribution is 2.41. The van der Waals surface area contributed by atoms with Gasteiger partial charge in [-0.2, -0.15) is 5.26 Å². The summed E-state index contributed by atoms with van der Waals surface area (Å²) < 4.78 is 11.1. The lowest BCUT2D eigenvalue weighted by atomic mass is 9.98. The number of hydrogen-bond acceptors (Lipinski definition) is 8. The number of amides is 2. The van der Waals surface area contributed by atoms with Crippen molar-refractivity contribution in [3.63, 3.8) is 0 Å². The number of nitrogens with zero attached hydrogens (tertiary/aromatic N) is 4. The van der Waals surface area contributed by atoms with Crippen LogP contribution in [0, 0.1) is 11.3 Å². The van der Waals surface area contributed by atoms with E-state index in [0.717, 1.165) is 43.1 Å². The summed E-state index contributed by atoms with van der Waals surface area (Å²) in [6.45, 7) is 4.20. The number of hydrogen-bond donors (Lipinski definition) is 2. The lowest BCUT2D eigenvalue weighted by molar-refractivity contribution is -0.119. The molecule has 3 aliphatic rings. The summed E-state index contributed by atoms with van der Waals surface area (Å²) in [5, 5.41) is 15.6. The molecule has 0 aromatic heterocycles. The third-order valence-corrected chi connectivity index (χ3v) is 7.66. The molecule has 208 valence electrons. The molecule has 3 aliphatic heterocycles. The second-order valence-corrected chi connectivity index (χ2v) is 10.3. The number of nitrogens with one attached hydrogen (secondary N) is 2. The van der Waals surface area contributed by atoms with Crippen LogP contribution in [0.1, 0.15) is 16.7 Å². The maximum absolute atomic E-state index is 13.3. The number of benzene rings is 3. The molecule has 0 unspecified atom stereocenters. The summed E-state index contributed by atoms with van der Waals surface area (Å²) in [7, 11) is 3.88. The van der Waals surface area contributed by atoms with Crippen LogP contribution in [0.25, 0.3) is 11.3 Å². The van der Waals surface area contributed by atoms with Gasteiger partial charge in [0, 0.05) is 55.7 Å². The fourth-order valence-electron chi connectivity index (χ4n) is 5.18. The third-order valence-electron chi connectivity index (χ3n) is 7.66. The van der Waals surface area contributed by atoms with Gasteiger partial charge in [-0.3, -0.25) is 14.5 Å². The molecule has 0 radical (unpaired) electrons. The lowest BCUT2D eigenvalue weighted by Crippen LogP contribution is -2.48. The van der Waals surface area contributed by atoms with Crippen LogP contribution in [0.4, 0.5) is 17.1 Å². The lowest BCUT2D eigenvalue weighted by Gasteiger charge is -2.32. The first kappa shape index (κ1) is 26.4. The van der Waals surface area contributed by atoms with Gasteiger partial charge in [0.25, 0.3) is 5.91 Å². The summed E-state index contributed by atoms with van der Waals surface area (Å²) in [6.07, 6.45) is 0. The van der Waals surface area contributed by atoms with Crippen LogP contribution in [-0.2, 0) is 9.59 Å². The summed E-state index contributed by atoms with van der Waals surface area (Å²) in [4.78, 5) is 32.4. The zero-order valence-corrected chi connectivity index (χ0v) is 22.9. The van der Waals surface area contributed by atoms with Gasteiger partial charge >= 0.3 is 0 Å². The van der Waals surface area contributed by atoms with Crippen LogP contribution in [0.15, 0.2) is 60.7 Å². The van der Waals surface area contributed by atoms with Crippen molar-refractivity contribution in [1.82, 2.24) is 9.80 Å². The normalized spacial score (nSPS) is 17.4. The predicted molar refractivity (Wildman–Crippen MR) is 157 cm³/mol. The number of anilines is 3. The quantitative estimate of drug-likeness (QED) is 0.450. The van der Waals surface area contributed by atoms with Crippen molar-refractivity contribution in [3.8, 4) is 17.6 Å². The fourth-order valence-corrected chi connectivity index (χ4v) is 5.18. The van der Waals surface area contributed by atoms with Gasteiger partial charge in [-0.1, -0.05) is 6.07 Å². The maximum Gasteiger partial charge on any atom is 0.258 e. The molecule has 3 heterocycles. The second kappa shape index (κ2) is 11.0. The Labute approximate surface area is 238 Å². The fraction of sp³-hybridized carbons (Fsp3) is 0.258. The molecule has 0 bridgehead atoms. The van der Waals surface area contributed by atoms with Gasteiger partial charge in [0.2, 0.25) is 12.7 Å². The summed E-state index contributed by atoms with van der Waals surface area (Å²) >= 11 is 0. The van der Waals surface area contributed by atoms with Crippen LogP contribution >= 0.6 is 0 Å². The average molecular weight is 551 g/mol. The van der Waals surface area contributed by atoms with E-state index in [-0.39, 0.29) is 18.6 Å². The molecule has 6 rings (SSSR count). The molecule has 1 saturated heterocycles. The van der Waals surface area contributed by atoms with E-state index in [1.54, 1.807) is 30.1 Å². The smallest absolute Gasteiger partial charge is 0.258 e. The molecule has 0 atom stereocenters. The SMILES string of the molecule is CN1CCN(CC(=O)N(C)c2ccc(NC(=C3C(=O)Nc4cc(C#N)ccc43)c3ccc4c(c3)OCO4)cc2)CC1. The third kappa shape index (κ3) is 5.33. The molecule has 1 fully saturated rings. The molecule has 3 aromatic carbocycles. The van der Waals surface area contributed by atoms with E-state index < -0.39 is 0 Å². The molecular weight excluding hydrogens is 520 g/mol. The van der Waals surface area contributed by atoms with Crippen molar-refractivity contribution in [2.24, 2.45) is 0 Å². The standard InChI is InChI=1S/C31H30N6O4/c1-35-11-13-37(14-12-35)18-28(38)36(2)23-7-5-22(6-8-23)33-30(21-4-10-26-27(16-21)41-19-40-26)29-24-9-3-20(17-32)15-25(24)34-31(29)39/h3-10,15-16,33H,11-14,18-19H2,1-2H3,(H,34,39). The van der Waals surface area contributed by atoms with Crippen LogP contribution in [-0.4, -0.2) is 75.2 Å². The minimum absolute atomic E-state index is 0.0365. The minimum atomic E-state index is -0.277.